The monoisotopic (exact) mass is 475 g/mol. The number of Topliss-reactive ketones (excluding diaryl/α,β-unsaturated/α-hetero) is 1. The second kappa shape index (κ2) is 8.79. The van der Waals surface area contributed by atoms with Gasteiger partial charge in [-0.2, -0.15) is 4.98 Å². The van der Waals surface area contributed by atoms with Crippen molar-refractivity contribution in [1.82, 2.24) is 19.7 Å². The van der Waals surface area contributed by atoms with Crippen molar-refractivity contribution in [2.45, 2.75) is 49.6 Å². The van der Waals surface area contributed by atoms with Crippen molar-refractivity contribution < 1.29 is 14.3 Å². The summed E-state index contributed by atoms with van der Waals surface area (Å²) in [5, 5.41) is 8.93. The Balaban J connectivity index is 1.30. The molecule has 1 aliphatic carbocycles. The molecular formula is C25H25N5O3S. The highest BCUT2D eigenvalue weighted by atomic mass is 32.2. The van der Waals surface area contributed by atoms with Crippen LogP contribution in [0.2, 0.25) is 0 Å². The second-order valence-electron chi connectivity index (χ2n) is 8.88. The molecule has 3 aliphatic rings. The van der Waals surface area contributed by atoms with Crippen LogP contribution in [0.3, 0.4) is 0 Å². The Morgan fingerprint density at radius 1 is 1.21 bits per heavy atom. The predicted octanol–water partition coefficient (Wildman–Crippen LogP) is 4.55. The average molecular weight is 476 g/mol. The molecule has 3 aromatic rings. The van der Waals surface area contributed by atoms with E-state index in [4.69, 9.17) is 19.6 Å². The fraction of sp³-hybridized carbons (Fsp3) is 0.360. The van der Waals surface area contributed by atoms with Gasteiger partial charge in [0.05, 0.1) is 11.7 Å². The van der Waals surface area contributed by atoms with Gasteiger partial charge in [0, 0.05) is 29.6 Å². The number of benzene rings is 1. The fourth-order valence-electron chi connectivity index (χ4n) is 4.94. The van der Waals surface area contributed by atoms with Crippen molar-refractivity contribution in [3.8, 4) is 11.5 Å². The van der Waals surface area contributed by atoms with Crippen molar-refractivity contribution in [3.05, 3.63) is 65.1 Å². The molecule has 0 unspecified atom stereocenters. The van der Waals surface area contributed by atoms with Crippen molar-refractivity contribution in [2.24, 2.45) is 5.92 Å². The van der Waals surface area contributed by atoms with Crippen molar-refractivity contribution in [3.63, 3.8) is 0 Å². The van der Waals surface area contributed by atoms with Crippen molar-refractivity contribution in [1.29, 1.82) is 0 Å². The first kappa shape index (κ1) is 21.2. The SMILES string of the molecule is C[C@H](Cc1ccc2c(c1)OCO2)[C@@H]1C2=C(CCCC2=O)Nc2nc(SCc3ccccn3)nn21. The van der Waals surface area contributed by atoms with Gasteiger partial charge in [-0.3, -0.25) is 9.78 Å². The lowest BCUT2D eigenvalue weighted by Gasteiger charge is -2.35. The number of hydrogen-bond acceptors (Lipinski definition) is 8. The van der Waals surface area contributed by atoms with E-state index in [1.54, 1.807) is 18.0 Å². The van der Waals surface area contributed by atoms with E-state index in [1.807, 2.05) is 35.0 Å². The normalized spacial score (nSPS) is 19.4. The zero-order valence-electron chi connectivity index (χ0n) is 18.9. The topological polar surface area (TPSA) is 91.2 Å². The molecule has 4 heterocycles. The Morgan fingerprint density at radius 3 is 3.00 bits per heavy atom. The summed E-state index contributed by atoms with van der Waals surface area (Å²) in [6.07, 6.45) is 4.88. The molecule has 9 heteroatoms. The van der Waals surface area contributed by atoms with Gasteiger partial charge in [-0.25, -0.2) is 4.68 Å². The highest BCUT2D eigenvalue weighted by molar-refractivity contribution is 7.98. The third-order valence-electron chi connectivity index (χ3n) is 6.50. The standard InChI is InChI=1S/C25H25N5O3S/c1-15(11-16-8-9-20-21(12-16)33-14-32-20)23-22-18(6-4-7-19(22)31)27-24-28-25(29-30(23)24)34-13-17-5-2-3-10-26-17/h2-3,5,8-10,12,15,23H,4,6-7,11,13-14H2,1H3,(H,27,28,29)/t15-,23-/m1/s1. The summed E-state index contributed by atoms with van der Waals surface area (Å²) in [4.78, 5) is 22.2. The van der Waals surface area contributed by atoms with Crippen LogP contribution in [-0.4, -0.2) is 32.3 Å². The highest BCUT2D eigenvalue weighted by Gasteiger charge is 2.38. The predicted molar refractivity (Wildman–Crippen MR) is 128 cm³/mol. The molecule has 2 atom stereocenters. The number of ether oxygens (including phenoxy) is 2. The van der Waals surface area contributed by atoms with Crippen LogP contribution in [-0.2, 0) is 17.0 Å². The Labute approximate surface area is 201 Å². The number of anilines is 1. The molecule has 2 aromatic heterocycles. The number of fused-ring (bicyclic) bond motifs is 2. The summed E-state index contributed by atoms with van der Waals surface area (Å²) in [6, 6.07) is 11.8. The Hall–Kier alpha value is -3.33. The molecule has 0 saturated heterocycles. The lowest BCUT2D eigenvalue weighted by Crippen LogP contribution is -2.34. The number of ketones is 1. The van der Waals surface area contributed by atoms with Crippen LogP contribution < -0.4 is 14.8 Å². The maximum Gasteiger partial charge on any atom is 0.231 e. The van der Waals surface area contributed by atoms with Gasteiger partial charge in [0.1, 0.15) is 0 Å². The minimum Gasteiger partial charge on any atom is -0.454 e. The number of nitrogens with one attached hydrogen (secondary N) is 1. The number of aromatic nitrogens is 4. The summed E-state index contributed by atoms with van der Waals surface area (Å²) < 4.78 is 12.9. The number of carbonyl (C=O) groups excluding carboxylic acids is 1. The maximum absolute atomic E-state index is 13.1. The molecule has 1 aromatic carbocycles. The summed E-state index contributed by atoms with van der Waals surface area (Å²) in [5.74, 6) is 3.29. The van der Waals surface area contributed by atoms with Crippen LogP contribution in [0.25, 0.3) is 0 Å². The minimum absolute atomic E-state index is 0.128. The molecule has 0 spiro atoms. The van der Waals surface area contributed by atoms with Gasteiger partial charge in [-0.1, -0.05) is 30.8 Å². The summed E-state index contributed by atoms with van der Waals surface area (Å²) >= 11 is 1.55. The smallest absolute Gasteiger partial charge is 0.231 e. The van der Waals surface area contributed by atoms with Crippen LogP contribution in [0.15, 0.2) is 59.0 Å². The number of hydrogen-bond donors (Lipinski definition) is 1. The van der Waals surface area contributed by atoms with Crippen LogP contribution >= 0.6 is 11.8 Å². The Kier molecular flexibility index (Phi) is 5.49. The molecule has 8 nitrogen and oxygen atoms in total. The molecule has 2 aliphatic heterocycles. The van der Waals surface area contributed by atoms with Crippen LogP contribution in [0, 0.1) is 5.92 Å². The lowest BCUT2D eigenvalue weighted by atomic mass is 9.81. The molecule has 34 heavy (non-hydrogen) atoms. The van der Waals surface area contributed by atoms with Gasteiger partial charge in [0.15, 0.2) is 17.3 Å². The first-order chi connectivity index (χ1) is 16.7. The van der Waals surface area contributed by atoms with E-state index < -0.39 is 0 Å². The zero-order chi connectivity index (χ0) is 23.1. The minimum atomic E-state index is -0.166. The number of nitrogens with zero attached hydrogens (tertiary/aromatic N) is 4. The third-order valence-corrected chi connectivity index (χ3v) is 7.37. The molecule has 0 fully saturated rings. The molecule has 1 N–H and O–H groups in total. The molecule has 0 saturated carbocycles. The van der Waals surface area contributed by atoms with Crippen LogP contribution in [0.5, 0.6) is 11.5 Å². The van der Waals surface area contributed by atoms with Gasteiger partial charge >= 0.3 is 0 Å². The molecule has 0 radical (unpaired) electrons. The van der Waals surface area contributed by atoms with Crippen LogP contribution in [0.4, 0.5) is 5.95 Å². The van der Waals surface area contributed by atoms with Crippen molar-refractivity contribution in [2.75, 3.05) is 12.1 Å². The second-order valence-corrected chi connectivity index (χ2v) is 9.82. The number of allylic oxidation sites excluding steroid dienone is 2. The van der Waals surface area contributed by atoms with E-state index in [2.05, 4.69) is 23.3 Å². The van der Waals surface area contributed by atoms with E-state index in [-0.39, 0.29) is 24.5 Å². The first-order valence-electron chi connectivity index (χ1n) is 11.6. The number of pyridine rings is 1. The number of carbonyl (C=O) groups is 1. The number of thioether (sulfide) groups is 1. The first-order valence-corrected chi connectivity index (χ1v) is 12.6. The molecular weight excluding hydrogens is 450 g/mol. The third kappa shape index (κ3) is 3.94. The summed E-state index contributed by atoms with van der Waals surface area (Å²) in [5.41, 5.74) is 3.98. The Morgan fingerprint density at radius 2 is 2.12 bits per heavy atom. The van der Waals surface area contributed by atoms with E-state index in [1.165, 1.54) is 0 Å². The molecule has 0 amide bonds. The highest BCUT2D eigenvalue weighted by Crippen LogP contribution is 2.42. The van der Waals surface area contributed by atoms with E-state index in [0.29, 0.717) is 23.3 Å². The molecule has 6 rings (SSSR count). The van der Waals surface area contributed by atoms with E-state index in [9.17, 15) is 4.79 Å². The van der Waals surface area contributed by atoms with Gasteiger partial charge in [-0.15, -0.1) is 5.10 Å². The van der Waals surface area contributed by atoms with Gasteiger partial charge < -0.3 is 14.8 Å². The number of rotatable bonds is 6. The average Bonchev–Trinajstić information content (AvgIpc) is 3.48. The van der Waals surface area contributed by atoms with Crippen LogP contribution in [0.1, 0.15) is 43.5 Å². The summed E-state index contributed by atoms with van der Waals surface area (Å²) in [7, 11) is 0. The summed E-state index contributed by atoms with van der Waals surface area (Å²) in [6.45, 7) is 2.44. The molecule has 0 bridgehead atoms. The maximum atomic E-state index is 13.1. The lowest BCUT2D eigenvalue weighted by molar-refractivity contribution is -0.116. The largest absolute Gasteiger partial charge is 0.454 e. The van der Waals surface area contributed by atoms with E-state index >= 15 is 0 Å². The Bertz CT molecular complexity index is 1270. The quantitative estimate of drug-likeness (QED) is 0.520. The van der Waals surface area contributed by atoms with E-state index in [0.717, 1.165) is 53.3 Å². The fourth-order valence-corrected chi connectivity index (χ4v) is 5.68. The van der Waals surface area contributed by atoms with Gasteiger partial charge in [0.2, 0.25) is 17.9 Å². The van der Waals surface area contributed by atoms with Crippen molar-refractivity contribution >= 4 is 23.5 Å². The van der Waals surface area contributed by atoms with Gasteiger partial charge in [0.25, 0.3) is 0 Å². The molecule has 174 valence electrons. The van der Waals surface area contributed by atoms with Gasteiger partial charge in [-0.05, 0) is 55.0 Å². The zero-order valence-corrected chi connectivity index (χ0v) is 19.7.